The SMILES string of the molecule is OC1(C(F)(F)c2nc(Cc3nc4ccccc4[nH]3)no2)CCCC1. The molecule has 4 rings (SSSR count). The topological polar surface area (TPSA) is 87.8 Å². The van der Waals surface area contributed by atoms with Crippen molar-refractivity contribution in [3.05, 3.63) is 41.8 Å². The third-order valence-corrected chi connectivity index (χ3v) is 4.52. The zero-order valence-corrected chi connectivity index (χ0v) is 12.8. The lowest BCUT2D eigenvalue weighted by atomic mass is 9.93. The van der Waals surface area contributed by atoms with Crippen molar-refractivity contribution in [1.29, 1.82) is 0 Å². The Bertz CT molecular complexity index is 835. The van der Waals surface area contributed by atoms with Crippen molar-refractivity contribution >= 4 is 11.0 Å². The van der Waals surface area contributed by atoms with Crippen LogP contribution >= 0.6 is 0 Å². The summed E-state index contributed by atoms with van der Waals surface area (Å²) in [5.74, 6) is -3.72. The zero-order chi connectivity index (χ0) is 16.8. The molecule has 2 aromatic heterocycles. The molecule has 0 amide bonds. The molecule has 0 atom stereocenters. The molecule has 0 unspecified atom stereocenters. The second-order valence-corrected chi connectivity index (χ2v) is 6.21. The Balaban J connectivity index is 1.58. The van der Waals surface area contributed by atoms with Gasteiger partial charge in [0.05, 0.1) is 17.5 Å². The van der Waals surface area contributed by atoms with Gasteiger partial charge in [-0.3, -0.25) is 0 Å². The molecule has 1 saturated carbocycles. The Morgan fingerprint density at radius 1 is 1.21 bits per heavy atom. The van der Waals surface area contributed by atoms with E-state index in [1.54, 1.807) is 0 Å². The first-order valence-corrected chi connectivity index (χ1v) is 7.85. The summed E-state index contributed by atoms with van der Waals surface area (Å²) in [6.07, 6.45) is 1.33. The average molecular weight is 334 g/mol. The van der Waals surface area contributed by atoms with E-state index in [2.05, 4.69) is 20.1 Å². The van der Waals surface area contributed by atoms with Crippen molar-refractivity contribution in [2.24, 2.45) is 0 Å². The lowest BCUT2D eigenvalue weighted by Crippen LogP contribution is -2.43. The number of fused-ring (bicyclic) bond motifs is 1. The number of H-pyrrole nitrogens is 1. The minimum absolute atomic E-state index is 0.0291. The van der Waals surface area contributed by atoms with E-state index in [9.17, 15) is 13.9 Å². The van der Waals surface area contributed by atoms with Crippen LogP contribution < -0.4 is 0 Å². The predicted molar refractivity (Wildman–Crippen MR) is 80.5 cm³/mol. The summed E-state index contributed by atoms with van der Waals surface area (Å²) < 4.78 is 33.7. The third-order valence-electron chi connectivity index (χ3n) is 4.52. The van der Waals surface area contributed by atoms with Crippen LogP contribution in [0.4, 0.5) is 8.78 Å². The summed E-state index contributed by atoms with van der Waals surface area (Å²) in [6.45, 7) is 0. The lowest BCUT2D eigenvalue weighted by Gasteiger charge is -2.28. The number of imidazole rings is 1. The monoisotopic (exact) mass is 334 g/mol. The van der Waals surface area contributed by atoms with Crippen molar-refractivity contribution in [2.75, 3.05) is 0 Å². The minimum atomic E-state index is -3.55. The molecule has 1 aliphatic rings. The average Bonchev–Trinajstić information content (AvgIpc) is 3.26. The van der Waals surface area contributed by atoms with Crippen LogP contribution in [0.5, 0.6) is 0 Å². The Morgan fingerprint density at radius 2 is 1.96 bits per heavy atom. The van der Waals surface area contributed by atoms with Crippen LogP contribution in [-0.4, -0.2) is 30.8 Å². The molecule has 6 nitrogen and oxygen atoms in total. The summed E-state index contributed by atoms with van der Waals surface area (Å²) in [4.78, 5) is 11.2. The molecule has 0 spiro atoms. The highest BCUT2D eigenvalue weighted by atomic mass is 19.3. The fraction of sp³-hybridized carbons (Fsp3) is 0.438. The van der Waals surface area contributed by atoms with Crippen molar-refractivity contribution in [1.82, 2.24) is 20.1 Å². The number of para-hydroxylation sites is 2. The van der Waals surface area contributed by atoms with E-state index in [0.29, 0.717) is 18.7 Å². The van der Waals surface area contributed by atoms with E-state index in [0.717, 1.165) is 11.0 Å². The maximum absolute atomic E-state index is 14.5. The minimum Gasteiger partial charge on any atom is -0.383 e. The second-order valence-electron chi connectivity index (χ2n) is 6.21. The first-order valence-electron chi connectivity index (χ1n) is 7.85. The number of rotatable bonds is 4. The fourth-order valence-corrected chi connectivity index (χ4v) is 3.17. The van der Waals surface area contributed by atoms with Crippen LogP contribution in [0.15, 0.2) is 28.8 Å². The van der Waals surface area contributed by atoms with Gasteiger partial charge in [0.1, 0.15) is 11.4 Å². The number of aliphatic hydroxyl groups is 1. The molecule has 0 aliphatic heterocycles. The van der Waals surface area contributed by atoms with E-state index in [1.165, 1.54) is 0 Å². The molecule has 24 heavy (non-hydrogen) atoms. The van der Waals surface area contributed by atoms with Crippen molar-refractivity contribution in [3.63, 3.8) is 0 Å². The van der Waals surface area contributed by atoms with Gasteiger partial charge in [-0.15, -0.1) is 0 Å². The molecule has 0 radical (unpaired) electrons. The van der Waals surface area contributed by atoms with Gasteiger partial charge in [-0.25, -0.2) is 4.98 Å². The molecular formula is C16H16F2N4O2. The highest BCUT2D eigenvalue weighted by molar-refractivity contribution is 5.74. The molecule has 8 heteroatoms. The van der Waals surface area contributed by atoms with Crippen LogP contribution in [0.1, 0.15) is 43.2 Å². The molecule has 3 aromatic rings. The molecule has 0 saturated heterocycles. The quantitative estimate of drug-likeness (QED) is 0.766. The molecule has 126 valence electrons. The summed E-state index contributed by atoms with van der Waals surface area (Å²) in [7, 11) is 0. The Hall–Kier alpha value is -2.35. The van der Waals surface area contributed by atoms with Gasteiger partial charge in [0.15, 0.2) is 5.82 Å². The first kappa shape index (κ1) is 15.2. The molecular weight excluding hydrogens is 318 g/mol. The van der Waals surface area contributed by atoms with E-state index in [1.807, 2.05) is 24.3 Å². The van der Waals surface area contributed by atoms with Crippen LogP contribution in [0.25, 0.3) is 11.0 Å². The zero-order valence-electron chi connectivity index (χ0n) is 12.8. The number of halogens is 2. The molecule has 1 aromatic carbocycles. The van der Waals surface area contributed by atoms with E-state index in [4.69, 9.17) is 4.52 Å². The van der Waals surface area contributed by atoms with Crippen molar-refractivity contribution < 1.29 is 18.4 Å². The van der Waals surface area contributed by atoms with Crippen molar-refractivity contribution in [3.8, 4) is 0 Å². The normalized spacial score (nSPS) is 17.6. The smallest absolute Gasteiger partial charge is 0.352 e. The van der Waals surface area contributed by atoms with Gasteiger partial charge in [0.25, 0.3) is 5.89 Å². The van der Waals surface area contributed by atoms with Gasteiger partial charge < -0.3 is 14.6 Å². The lowest BCUT2D eigenvalue weighted by molar-refractivity contribution is -0.198. The number of hydrogen-bond acceptors (Lipinski definition) is 5. The van der Waals surface area contributed by atoms with Gasteiger partial charge in [-0.1, -0.05) is 30.1 Å². The second kappa shape index (κ2) is 5.34. The summed E-state index contributed by atoms with van der Waals surface area (Å²) in [5, 5.41) is 13.8. The number of aromatic amines is 1. The first-order chi connectivity index (χ1) is 11.5. The Labute approximate surface area is 135 Å². The summed E-state index contributed by atoms with van der Waals surface area (Å²) in [5.41, 5.74) is -0.473. The van der Waals surface area contributed by atoms with Gasteiger partial charge in [-0.05, 0) is 25.0 Å². The van der Waals surface area contributed by atoms with E-state index >= 15 is 0 Å². The predicted octanol–water partition coefficient (Wildman–Crippen LogP) is 2.93. The number of nitrogens with zero attached hydrogens (tertiary/aromatic N) is 3. The molecule has 1 fully saturated rings. The highest BCUT2D eigenvalue weighted by Gasteiger charge is 2.58. The number of hydrogen-bond donors (Lipinski definition) is 2. The third kappa shape index (κ3) is 2.37. The number of alkyl halides is 2. The molecule has 1 aliphatic carbocycles. The molecule has 0 bridgehead atoms. The summed E-state index contributed by atoms with van der Waals surface area (Å²) >= 11 is 0. The fourth-order valence-electron chi connectivity index (χ4n) is 3.17. The number of benzene rings is 1. The Kier molecular flexibility index (Phi) is 3.38. The van der Waals surface area contributed by atoms with E-state index < -0.39 is 17.4 Å². The van der Waals surface area contributed by atoms with E-state index in [-0.39, 0.29) is 25.1 Å². The van der Waals surface area contributed by atoms with Crippen LogP contribution in [0.2, 0.25) is 0 Å². The highest BCUT2D eigenvalue weighted by Crippen LogP contribution is 2.47. The number of aromatic nitrogens is 4. The molecule has 2 heterocycles. The van der Waals surface area contributed by atoms with Crippen LogP contribution in [0, 0.1) is 0 Å². The van der Waals surface area contributed by atoms with Gasteiger partial charge >= 0.3 is 5.92 Å². The largest absolute Gasteiger partial charge is 0.383 e. The Morgan fingerprint density at radius 3 is 2.71 bits per heavy atom. The molecule has 2 N–H and O–H groups in total. The van der Waals surface area contributed by atoms with Gasteiger partial charge in [0.2, 0.25) is 0 Å². The van der Waals surface area contributed by atoms with Crippen molar-refractivity contribution in [2.45, 2.75) is 43.6 Å². The standard InChI is InChI=1S/C16H16F2N4O2/c17-16(18,15(23)7-3-4-8-15)14-21-13(22-24-14)9-12-19-10-5-1-2-6-11(10)20-12/h1-2,5-6,23H,3-4,7-9H2,(H,19,20). The maximum atomic E-state index is 14.5. The van der Waals surface area contributed by atoms with Gasteiger partial charge in [-0.2, -0.15) is 13.8 Å². The maximum Gasteiger partial charge on any atom is 0.352 e. The van der Waals surface area contributed by atoms with Crippen LogP contribution in [-0.2, 0) is 12.3 Å². The number of nitrogens with one attached hydrogen (secondary N) is 1. The van der Waals surface area contributed by atoms with Gasteiger partial charge in [0, 0.05) is 0 Å². The van der Waals surface area contributed by atoms with Crippen LogP contribution in [0.3, 0.4) is 0 Å². The summed E-state index contributed by atoms with van der Waals surface area (Å²) in [6, 6.07) is 7.46.